The molecule has 0 N–H and O–H groups in total. The summed E-state index contributed by atoms with van der Waals surface area (Å²) in [5, 5.41) is 0. The van der Waals surface area contributed by atoms with Crippen molar-refractivity contribution in [2.45, 2.75) is 17.9 Å². The van der Waals surface area contributed by atoms with Crippen LogP contribution in [0.3, 0.4) is 0 Å². The number of thioether (sulfide) groups is 1. The molecular weight excluding hydrogens is 194 g/mol. The van der Waals surface area contributed by atoms with Crippen molar-refractivity contribution in [1.29, 1.82) is 0 Å². The van der Waals surface area contributed by atoms with Crippen molar-refractivity contribution in [1.82, 2.24) is 4.90 Å². The molecule has 1 aromatic carbocycles. The molecule has 0 saturated carbocycles. The van der Waals surface area contributed by atoms with E-state index in [4.69, 9.17) is 0 Å². The van der Waals surface area contributed by atoms with E-state index >= 15 is 0 Å². The predicted octanol–water partition coefficient (Wildman–Crippen LogP) is 2.14. The molecule has 1 saturated heterocycles. The summed E-state index contributed by atoms with van der Waals surface area (Å²) in [4.78, 5) is 14.2. The van der Waals surface area contributed by atoms with Crippen molar-refractivity contribution in [2.24, 2.45) is 0 Å². The molecule has 1 amide bonds. The Balaban J connectivity index is 1.99. The molecule has 0 aliphatic carbocycles. The summed E-state index contributed by atoms with van der Waals surface area (Å²) in [6, 6.07) is 8.39. The molecule has 0 aromatic heterocycles. The van der Waals surface area contributed by atoms with Crippen LogP contribution in [0.1, 0.15) is 12.0 Å². The van der Waals surface area contributed by atoms with Crippen LogP contribution in [0.15, 0.2) is 29.2 Å². The number of hydrogen-bond acceptors (Lipinski definition) is 2. The van der Waals surface area contributed by atoms with Gasteiger partial charge in [-0.15, -0.1) is 11.8 Å². The van der Waals surface area contributed by atoms with E-state index in [1.807, 2.05) is 4.90 Å². The minimum atomic E-state index is 0.277. The van der Waals surface area contributed by atoms with Gasteiger partial charge in [-0.05, 0) is 24.0 Å². The summed E-state index contributed by atoms with van der Waals surface area (Å²) in [5.74, 6) is 0.277. The Labute approximate surface area is 88.3 Å². The normalized spacial score (nSPS) is 15.5. The van der Waals surface area contributed by atoms with Gasteiger partial charge in [0.05, 0.1) is 0 Å². The smallest absolute Gasteiger partial charge is 0.224 e. The number of hydrogen-bond donors (Lipinski definition) is 0. The molecule has 3 heteroatoms. The van der Waals surface area contributed by atoms with E-state index in [0.717, 1.165) is 19.5 Å². The van der Waals surface area contributed by atoms with Gasteiger partial charge in [0, 0.05) is 24.4 Å². The molecule has 74 valence electrons. The Morgan fingerprint density at radius 3 is 2.50 bits per heavy atom. The minimum Gasteiger partial charge on any atom is -0.338 e. The first-order valence-corrected chi connectivity index (χ1v) is 5.93. The zero-order valence-corrected chi connectivity index (χ0v) is 9.01. The topological polar surface area (TPSA) is 20.3 Å². The zero-order valence-electron chi connectivity index (χ0n) is 8.19. The van der Waals surface area contributed by atoms with Gasteiger partial charge >= 0.3 is 0 Å². The van der Waals surface area contributed by atoms with Gasteiger partial charge in [-0.1, -0.05) is 12.1 Å². The number of likely N-dealkylation sites (tertiary alicyclic amines) is 1. The average Bonchev–Trinajstić information content (AvgIpc) is 2.24. The molecule has 0 radical (unpaired) electrons. The second-order valence-corrected chi connectivity index (χ2v) is 4.29. The fourth-order valence-electron chi connectivity index (χ4n) is 1.48. The quantitative estimate of drug-likeness (QED) is 0.559. The third-order valence-corrected chi connectivity index (χ3v) is 3.22. The summed E-state index contributed by atoms with van der Waals surface area (Å²) >= 11 is 1.74. The van der Waals surface area contributed by atoms with Gasteiger partial charge in [0.25, 0.3) is 0 Å². The van der Waals surface area contributed by atoms with Gasteiger partial charge in [-0.2, -0.15) is 0 Å². The molecule has 0 unspecified atom stereocenters. The average molecular weight is 207 g/mol. The molecule has 1 heterocycles. The maximum Gasteiger partial charge on any atom is 0.224 e. The Bertz CT molecular complexity index is 334. The van der Waals surface area contributed by atoms with Crippen molar-refractivity contribution in [3.8, 4) is 0 Å². The molecule has 0 spiro atoms. The zero-order chi connectivity index (χ0) is 9.97. The first-order chi connectivity index (χ1) is 6.79. The SMILES string of the molecule is CSc1ccc(CN2CCC2=O)cc1. The Morgan fingerprint density at radius 1 is 1.36 bits per heavy atom. The molecule has 2 nitrogen and oxygen atoms in total. The third kappa shape index (κ3) is 1.93. The van der Waals surface area contributed by atoms with Crippen LogP contribution in [0.2, 0.25) is 0 Å². The van der Waals surface area contributed by atoms with Crippen molar-refractivity contribution < 1.29 is 4.79 Å². The summed E-state index contributed by atoms with van der Waals surface area (Å²) < 4.78 is 0. The largest absolute Gasteiger partial charge is 0.338 e. The predicted molar refractivity (Wildman–Crippen MR) is 58.3 cm³/mol. The summed E-state index contributed by atoms with van der Waals surface area (Å²) in [6.07, 6.45) is 2.79. The van der Waals surface area contributed by atoms with Gasteiger partial charge < -0.3 is 4.90 Å². The highest BCUT2D eigenvalue weighted by molar-refractivity contribution is 7.98. The number of nitrogens with zero attached hydrogens (tertiary/aromatic N) is 1. The van der Waals surface area contributed by atoms with Gasteiger partial charge in [-0.3, -0.25) is 4.79 Å². The van der Waals surface area contributed by atoms with Crippen LogP contribution in [-0.2, 0) is 11.3 Å². The van der Waals surface area contributed by atoms with Crippen LogP contribution >= 0.6 is 11.8 Å². The molecule has 2 rings (SSSR count). The van der Waals surface area contributed by atoms with Crippen LogP contribution in [-0.4, -0.2) is 23.6 Å². The van der Waals surface area contributed by atoms with Crippen molar-refractivity contribution >= 4 is 17.7 Å². The lowest BCUT2D eigenvalue weighted by molar-refractivity contribution is -0.140. The second-order valence-electron chi connectivity index (χ2n) is 3.41. The number of rotatable bonds is 3. The van der Waals surface area contributed by atoms with Gasteiger partial charge in [0.2, 0.25) is 5.91 Å². The van der Waals surface area contributed by atoms with Gasteiger partial charge in [0.15, 0.2) is 0 Å². The Kier molecular flexibility index (Phi) is 2.77. The lowest BCUT2D eigenvalue weighted by atomic mass is 10.1. The number of carbonyl (C=O) groups is 1. The molecule has 0 atom stereocenters. The number of β-lactam (4-membered cyclic amide) rings is 1. The van der Waals surface area contributed by atoms with Crippen LogP contribution in [0, 0.1) is 0 Å². The minimum absolute atomic E-state index is 0.277. The van der Waals surface area contributed by atoms with E-state index in [0.29, 0.717) is 0 Å². The maximum absolute atomic E-state index is 11.1. The summed E-state index contributed by atoms with van der Waals surface area (Å²) in [7, 11) is 0. The molecule has 1 aliphatic rings. The second kappa shape index (κ2) is 4.05. The van der Waals surface area contributed by atoms with Crippen LogP contribution in [0.4, 0.5) is 0 Å². The molecule has 0 bridgehead atoms. The van der Waals surface area contributed by atoms with E-state index in [1.54, 1.807) is 11.8 Å². The molecule has 1 aromatic rings. The third-order valence-electron chi connectivity index (χ3n) is 2.48. The van der Waals surface area contributed by atoms with E-state index < -0.39 is 0 Å². The monoisotopic (exact) mass is 207 g/mol. The van der Waals surface area contributed by atoms with Crippen molar-refractivity contribution in [2.75, 3.05) is 12.8 Å². The van der Waals surface area contributed by atoms with Crippen molar-refractivity contribution in [3.05, 3.63) is 29.8 Å². The highest BCUT2D eigenvalue weighted by atomic mass is 32.2. The van der Waals surface area contributed by atoms with E-state index in [1.165, 1.54) is 10.5 Å². The lowest BCUT2D eigenvalue weighted by Gasteiger charge is -2.30. The fraction of sp³-hybridized carbons (Fsp3) is 0.364. The van der Waals surface area contributed by atoms with E-state index in [-0.39, 0.29) is 5.91 Å². The summed E-state index contributed by atoms with van der Waals surface area (Å²) in [6.45, 7) is 1.69. The highest BCUT2D eigenvalue weighted by Crippen LogP contribution is 2.18. The van der Waals surface area contributed by atoms with Gasteiger partial charge in [-0.25, -0.2) is 0 Å². The van der Waals surface area contributed by atoms with Crippen LogP contribution in [0.5, 0.6) is 0 Å². The first-order valence-electron chi connectivity index (χ1n) is 4.70. The van der Waals surface area contributed by atoms with Crippen LogP contribution in [0.25, 0.3) is 0 Å². The number of benzene rings is 1. The molecule has 14 heavy (non-hydrogen) atoms. The van der Waals surface area contributed by atoms with Crippen LogP contribution < -0.4 is 0 Å². The summed E-state index contributed by atoms with van der Waals surface area (Å²) in [5.41, 5.74) is 1.22. The van der Waals surface area contributed by atoms with Crippen molar-refractivity contribution in [3.63, 3.8) is 0 Å². The maximum atomic E-state index is 11.1. The van der Waals surface area contributed by atoms with E-state index in [2.05, 4.69) is 30.5 Å². The number of amides is 1. The molecule has 1 fully saturated rings. The molecular formula is C11H13NOS. The van der Waals surface area contributed by atoms with E-state index in [9.17, 15) is 4.79 Å². The highest BCUT2D eigenvalue weighted by Gasteiger charge is 2.22. The number of carbonyl (C=O) groups excluding carboxylic acids is 1. The Hall–Kier alpha value is -0.960. The van der Waals surface area contributed by atoms with Gasteiger partial charge in [0.1, 0.15) is 0 Å². The Morgan fingerprint density at radius 2 is 2.07 bits per heavy atom. The fourth-order valence-corrected chi connectivity index (χ4v) is 1.89. The first kappa shape index (κ1) is 9.59. The lowest BCUT2D eigenvalue weighted by Crippen LogP contribution is -2.42. The molecule has 1 aliphatic heterocycles. The standard InChI is InChI=1S/C11H13NOS/c1-14-10-4-2-9(3-5-10)8-12-7-6-11(12)13/h2-5H,6-8H2,1H3.